The lowest BCUT2D eigenvalue weighted by atomic mass is 9.99. The maximum Gasteiger partial charge on any atom is 0.416 e. The van der Waals surface area contributed by atoms with Crippen LogP contribution in [0.2, 0.25) is 0 Å². The highest BCUT2D eigenvalue weighted by Crippen LogP contribution is 2.32. The van der Waals surface area contributed by atoms with E-state index < -0.39 is 23.3 Å². The molecule has 3 rings (SSSR count). The summed E-state index contributed by atoms with van der Waals surface area (Å²) < 4.78 is 38.6. The summed E-state index contributed by atoms with van der Waals surface area (Å²) >= 11 is 0. The predicted molar refractivity (Wildman–Crippen MR) is 103 cm³/mol. The molecule has 0 aliphatic heterocycles. The van der Waals surface area contributed by atoms with Gasteiger partial charge < -0.3 is 10.4 Å². The fourth-order valence-corrected chi connectivity index (χ4v) is 2.83. The Hall–Kier alpha value is -3.61. The highest BCUT2D eigenvalue weighted by atomic mass is 19.4. The van der Waals surface area contributed by atoms with Gasteiger partial charge in [0.15, 0.2) is 11.6 Å². The molecule has 148 valence electrons. The quantitative estimate of drug-likeness (QED) is 0.726. The predicted octanol–water partition coefficient (Wildman–Crippen LogP) is 5.23. The van der Waals surface area contributed by atoms with Gasteiger partial charge in [-0.05, 0) is 42.8 Å². The van der Waals surface area contributed by atoms with E-state index >= 15 is 0 Å². The molecule has 2 N–H and O–H groups in total. The molecule has 0 aromatic heterocycles. The van der Waals surface area contributed by atoms with Crippen LogP contribution in [0.4, 0.5) is 18.9 Å². The minimum atomic E-state index is -4.46. The Labute approximate surface area is 164 Å². The molecule has 2 aromatic carbocycles. The van der Waals surface area contributed by atoms with Gasteiger partial charge in [-0.25, -0.2) is 0 Å². The number of rotatable bonds is 2. The molecule has 0 unspecified atom stereocenters. The number of alkyl halides is 3. The van der Waals surface area contributed by atoms with Crippen molar-refractivity contribution >= 4 is 23.0 Å². The van der Waals surface area contributed by atoms with Gasteiger partial charge in [0.2, 0.25) is 0 Å². The first-order valence-electron chi connectivity index (χ1n) is 8.58. The van der Waals surface area contributed by atoms with E-state index in [0.717, 1.165) is 24.3 Å². The Balaban J connectivity index is 2.01. The Kier molecular flexibility index (Phi) is 5.41. The van der Waals surface area contributed by atoms with E-state index in [0.29, 0.717) is 11.3 Å². The largest absolute Gasteiger partial charge is 0.507 e. The number of aliphatic hydroxyl groups excluding tert-OH is 1. The standard InChI is InChI=1S/C22H16F3NO3/c1-13-10-14(22(23,24)25)6-9-19(13)26-15-7-8-16(27)12-21(29)18-5-3-2-4-17(18)20(28)11-15/h2-12,26,29H,1H3. The zero-order chi connectivity index (χ0) is 21.2. The van der Waals surface area contributed by atoms with Crippen LogP contribution in [0.15, 0.2) is 72.5 Å². The van der Waals surface area contributed by atoms with Gasteiger partial charge in [-0.1, -0.05) is 24.3 Å². The lowest BCUT2D eigenvalue weighted by Crippen LogP contribution is -2.09. The second-order valence-electron chi connectivity index (χ2n) is 6.43. The molecule has 2 aromatic rings. The number of fused-ring (bicyclic) bond motifs is 1. The summed E-state index contributed by atoms with van der Waals surface area (Å²) in [5.41, 5.74) is 0.517. The second-order valence-corrected chi connectivity index (χ2v) is 6.43. The molecular weight excluding hydrogens is 383 g/mol. The number of hydrogen-bond acceptors (Lipinski definition) is 4. The summed E-state index contributed by atoms with van der Waals surface area (Å²) in [4.78, 5) is 24.7. The number of nitrogens with one attached hydrogen (secondary N) is 1. The molecule has 0 spiro atoms. The summed E-state index contributed by atoms with van der Waals surface area (Å²) in [6, 6.07) is 9.45. The molecule has 0 radical (unpaired) electrons. The van der Waals surface area contributed by atoms with Crippen molar-refractivity contribution in [3.63, 3.8) is 0 Å². The number of carbonyl (C=O) groups is 2. The third-order valence-electron chi connectivity index (χ3n) is 4.29. The highest BCUT2D eigenvalue weighted by molar-refractivity contribution is 6.11. The average Bonchev–Trinajstić information content (AvgIpc) is 2.66. The van der Waals surface area contributed by atoms with Crippen molar-refractivity contribution in [1.82, 2.24) is 0 Å². The van der Waals surface area contributed by atoms with Crippen molar-refractivity contribution in [1.29, 1.82) is 0 Å². The molecule has 0 bridgehead atoms. The number of hydrogen-bond donors (Lipinski definition) is 2. The van der Waals surface area contributed by atoms with Crippen LogP contribution >= 0.6 is 0 Å². The number of halogens is 3. The number of anilines is 1. The van der Waals surface area contributed by atoms with E-state index in [9.17, 15) is 27.9 Å². The molecule has 7 heteroatoms. The van der Waals surface area contributed by atoms with Gasteiger partial charge in [-0.2, -0.15) is 13.2 Å². The maximum absolute atomic E-state index is 12.9. The van der Waals surface area contributed by atoms with Gasteiger partial charge in [0.1, 0.15) is 5.76 Å². The van der Waals surface area contributed by atoms with Gasteiger partial charge in [0.05, 0.1) is 5.56 Å². The van der Waals surface area contributed by atoms with Gasteiger partial charge >= 0.3 is 6.18 Å². The molecule has 0 saturated heterocycles. The minimum Gasteiger partial charge on any atom is -0.507 e. The van der Waals surface area contributed by atoms with E-state index in [1.807, 2.05) is 0 Å². The molecule has 0 heterocycles. The Morgan fingerprint density at radius 2 is 1.62 bits per heavy atom. The number of ketones is 2. The summed E-state index contributed by atoms with van der Waals surface area (Å²) in [6.45, 7) is 1.51. The number of aryl methyl sites for hydroxylation is 1. The third-order valence-corrected chi connectivity index (χ3v) is 4.29. The Morgan fingerprint density at radius 1 is 0.931 bits per heavy atom. The fraction of sp³-hybridized carbons (Fsp3) is 0.0909. The zero-order valence-corrected chi connectivity index (χ0v) is 15.2. The van der Waals surface area contributed by atoms with Crippen LogP contribution in [-0.2, 0) is 11.0 Å². The van der Waals surface area contributed by atoms with Crippen LogP contribution in [0.3, 0.4) is 0 Å². The van der Waals surface area contributed by atoms with Crippen molar-refractivity contribution in [3.8, 4) is 0 Å². The van der Waals surface area contributed by atoms with E-state index in [4.69, 9.17) is 0 Å². The molecule has 0 amide bonds. The summed E-state index contributed by atoms with van der Waals surface area (Å²) in [7, 11) is 0. The van der Waals surface area contributed by atoms with E-state index in [2.05, 4.69) is 5.32 Å². The molecule has 4 nitrogen and oxygen atoms in total. The van der Waals surface area contributed by atoms with Crippen LogP contribution in [0, 0.1) is 6.92 Å². The number of benzene rings is 2. The van der Waals surface area contributed by atoms with Gasteiger partial charge in [-0.15, -0.1) is 0 Å². The number of aliphatic hydroxyl groups is 1. The van der Waals surface area contributed by atoms with Crippen molar-refractivity contribution in [3.05, 3.63) is 94.7 Å². The first-order chi connectivity index (χ1) is 13.6. The molecule has 29 heavy (non-hydrogen) atoms. The van der Waals surface area contributed by atoms with Gasteiger partial charge in [0, 0.05) is 34.7 Å². The average molecular weight is 399 g/mol. The second kappa shape index (κ2) is 7.79. The zero-order valence-electron chi connectivity index (χ0n) is 15.2. The van der Waals surface area contributed by atoms with Crippen molar-refractivity contribution in [2.24, 2.45) is 0 Å². The smallest absolute Gasteiger partial charge is 0.416 e. The summed E-state index contributed by atoms with van der Waals surface area (Å²) in [6.07, 6.45) is 0.233. The molecule has 0 atom stereocenters. The topological polar surface area (TPSA) is 66.4 Å². The van der Waals surface area contributed by atoms with Crippen molar-refractivity contribution in [2.45, 2.75) is 13.1 Å². The maximum atomic E-state index is 12.9. The summed E-state index contributed by atoms with van der Waals surface area (Å²) in [5.74, 6) is -1.28. The van der Waals surface area contributed by atoms with Crippen LogP contribution < -0.4 is 5.32 Å². The molecule has 1 aliphatic carbocycles. The van der Waals surface area contributed by atoms with E-state index in [1.165, 1.54) is 37.3 Å². The van der Waals surface area contributed by atoms with E-state index in [1.54, 1.807) is 12.1 Å². The molecule has 0 saturated carbocycles. The Bertz CT molecular complexity index is 1080. The number of allylic oxidation sites excluding steroid dienone is 4. The summed E-state index contributed by atoms with van der Waals surface area (Å²) in [5, 5.41) is 13.0. The van der Waals surface area contributed by atoms with Crippen LogP contribution in [0.5, 0.6) is 0 Å². The lowest BCUT2D eigenvalue weighted by molar-refractivity contribution is -0.137. The van der Waals surface area contributed by atoms with Gasteiger partial charge in [-0.3, -0.25) is 9.59 Å². The normalized spacial score (nSPS) is 14.8. The SMILES string of the molecule is Cc1cc(C(F)(F)F)ccc1NC1=CC(=O)c2ccccc2C(O)=CC(=O)C=C1. The highest BCUT2D eigenvalue weighted by Gasteiger charge is 2.30. The van der Waals surface area contributed by atoms with Crippen LogP contribution in [-0.4, -0.2) is 16.7 Å². The van der Waals surface area contributed by atoms with Gasteiger partial charge in [0.25, 0.3) is 0 Å². The molecule has 0 fully saturated rings. The monoisotopic (exact) mass is 399 g/mol. The first kappa shape index (κ1) is 20.1. The molecular formula is C22H16F3NO3. The van der Waals surface area contributed by atoms with Crippen molar-refractivity contribution in [2.75, 3.05) is 5.32 Å². The fourth-order valence-electron chi connectivity index (χ4n) is 2.83. The molecule has 1 aliphatic rings. The van der Waals surface area contributed by atoms with Crippen LogP contribution in [0.25, 0.3) is 5.76 Å². The third kappa shape index (κ3) is 4.63. The lowest BCUT2D eigenvalue weighted by Gasteiger charge is -2.14. The Morgan fingerprint density at radius 3 is 2.28 bits per heavy atom. The van der Waals surface area contributed by atoms with E-state index in [-0.39, 0.29) is 22.6 Å². The van der Waals surface area contributed by atoms with Crippen molar-refractivity contribution < 1.29 is 27.9 Å². The van der Waals surface area contributed by atoms with Crippen LogP contribution in [0.1, 0.15) is 27.0 Å². The first-order valence-corrected chi connectivity index (χ1v) is 8.58. The minimum absolute atomic E-state index is 0.188. The number of carbonyl (C=O) groups excluding carboxylic acids is 2.